The number of esters is 1. The van der Waals surface area contributed by atoms with Gasteiger partial charge in [0.1, 0.15) is 19.0 Å². The van der Waals surface area contributed by atoms with Gasteiger partial charge in [-0.2, -0.15) is 0 Å². The van der Waals surface area contributed by atoms with E-state index in [0.29, 0.717) is 19.4 Å². The normalized spacial score (nSPS) is 10.3. The second-order valence-electron chi connectivity index (χ2n) is 5.81. The molecule has 0 atom stereocenters. The summed E-state index contributed by atoms with van der Waals surface area (Å²) in [6.45, 7) is 4.03. The highest BCUT2D eigenvalue weighted by Crippen LogP contribution is 2.15. The molecule has 0 unspecified atom stereocenters. The van der Waals surface area contributed by atoms with Crippen molar-refractivity contribution < 1.29 is 19.1 Å². The van der Waals surface area contributed by atoms with E-state index < -0.39 is 0 Å². The molecule has 2 rings (SSSR count). The van der Waals surface area contributed by atoms with Crippen LogP contribution in [-0.2, 0) is 22.4 Å². The van der Waals surface area contributed by atoms with Crippen molar-refractivity contribution in [3.63, 3.8) is 0 Å². The molecule has 0 aliphatic heterocycles. The lowest BCUT2D eigenvalue weighted by atomic mass is 10.0. The van der Waals surface area contributed by atoms with Crippen LogP contribution >= 0.6 is 0 Å². The van der Waals surface area contributed by atoms with Crippen molar-refractivity contribution in [2.24, 2.45) is 0 Å². The molecule has 2 aromatic rings. The van der Waals surface area contributed by atoms with E-state index in [1.807, 2.05) is 48.5 Å². The van der Waals surface area contributed by atoms with E-state index in [9.17, 15) is 9.59 Å². The number of Topliss-reactive ketones (excluding diaryl/α,β-unsaturated/α-hetero) is 1. The molecule has 0 fully saturated rings. The number of aryl methyl sites for hydroxylation is 2. The Morgan fingerprint density at radius 2 is 1.52 bits per heavy atom. The lowest BCUT2D eigenvalue weighted by molar-refractivity contribution is -0.141. The molecule has 0 radical (unpaired) electrons. The Morgan fingerprint density at radius 1 is 0.880 bits per heavy atom. The number of hydrogen-bond acceptors (Lipinski definition) is 4. The molecule has 0 N–H and O–H groups in total. The largest absolute Gasteiger partial charge is 0.490 e. The molecule has 0 aliphatic rings. The summed E-state index contributed by atoms with van der Waals surface area (Å²) in [7, 11) is 0. The minimum atomic E-state index is -0.312. The van der Waals surface area contributed by atoms with Gasteiger partial charge in [-0.3, -0.25) is 9.59 Å². The van der Waals surface area contributed by atoms with Gasteiger partial charge in [-0.25, -0.2) is 0 Å². The monoisotopic (exact) mass is 340 g/mol. The molecular weight excluding hydrogens is 316 g/mol. The van der Waals surface area contributed by atoms with Gasteiger partial charge in [-0.15, -0.1) is 0 Å². The maximum atomic E-state index is 12.2. The fourth-order valence-electron chi connectivity index (χ4n) is 2.43. The summed E-state index contributed by atoms with van der Waals surface area (Å²) >= 11 is 0. The lowest BCUT2D eigenvalue weighted by Gasteiger charge is -2.07. The predicted molar refractivity (Wildman–Crippen MR) is 97.0 cm³/mol. The van der Waals surface area contributed by atoms with E-state index in [0.717, 1.165) is 23.3 Å². The van der Waals surface area contributed by atoms with E-state index in [-0.39, 0.29) is 18.4 Å². The zero-order valence-corrected chi connectivity index (χ0v) is 14.8. The first-order valence-electron chi connectivity index (χ1n) is 8.55. The third kappa shape index (κ3) is 6.42. The van der Waals surface area contributed by atoms with Crippen molar-refractivity contribution >= 4 is 11.8 Å². The van der Waals surface area contributed by atoms with Crippen LogP contribution < -0.4 is 4.74 Å². The SMILES string of the molecule is CCc1ccc(C(=O)CCc2ccc(OCCOC(C)=O)cc2)cc1. The Balaban J connectivity index is 1.78. The Hall–Kier alpha value is -2.62. The smallest absolute Gasteiger partial charge is 0.302 e. The van der Waals surface area contributed by atoms with Crippen LogP contribution in [-0.4, -0.2) is 25.0 Å². The number of ether oxygens (including phenoxy) is 2. The van der Waals surface area contributed by atoms with Crippen LogP contribution in [0.4, 0.5) is 0 Å². The zero-order chi connectivity index (χ0) is 18.1. The minimum Gasteiger partial charge on any atom is -0.490 e. The molecule has 0 bridgehead atoms. The molecule has 2 aromatic carbocycles. The first-order chi connectivity index (χ1) is 12.1. The van der Waals surface area contributed by atoms with Crippen molar-refractivity contribution in [1.29, 1.82) is 0 Å². The standard InChI is InChI=1S/C21H24O4/c1-3-17-4-9-19(10-5-17)21(23)13-8-18-6-11-20(12-7-18)25-15-14-24-16(2)22/h4-7,9-12H,3,8,13-15H2,1-2H3. The number of hydrogen-bond donors (Lipinski definition) is 0. The molecule has 0 amide bonds. The van der Waals surface area contributed by atoms with Crippen molar-refractivity contribution in [3.05, 3.63) is 65.2 Å². The van der Waals surface area contributed by atoms with Crippen LogP contribution in [0.25, 0.3) is 0 Å². The molecule has 0 spiro atoms. The number of benzene rings is 2. The Morgan fingerprint density at radius 3 is 2.12 bits per heavy atom. The average Bonchev–Trinajstić information content (AvgIpc) is 2.64. The molecular formula is C21H24O4. The van der Waals surface area contributed by atoms with Crippen molar-refractivity contribution in [1.82, 2.24) is 0 Å². The predicted octanol–water partition coefficient (Wildman–Crippen LogP) is 4.01. The fourth-order valence-corrected chi connectivity index (χ4v) is 2.43. The van der Waals surface area contributed by atoms with Gasteiger partial charge in [0.15, 0.2) is 5.78 Å². The first-order valence-corrected chi connectivity index (χ1v) is 8.55. The topological polar surface area (TPSA) is 52.6 Å². The van der Waals surface area contributed by atoms with Crippen molar-refractivity contribution in [3.8, 4) is 5.75 Å². The second kappa shape index (κ2) is 9.62. The summed E-state index contributed by atoms with van der Waals surface area (Å²) in [5, 5.41) is 0. The fraction of sp³-hybridized carbons (Fsp3) is 0.333. The molecule has 25 heavy (non-hydrogen) atoms. The Bertz CT molecular complexity index is 687. The summed E-state index contributed by atoms with van der Waals surface area (Å²) in [6, 6.07) is 15.5. The Labute approximate surface area is 148 Å². The highest BCUT2D eigenvalue weighted by atomic mass is 16.6. The van der Waals surface area contributed by atoms with Crippen LogP contribution in [0.1, 0.15) is 41.8 Å². The van der Waals surface area contributed by atoms with Crippen molar-refractivity contribution in [2.75, 3.05) is 13.2 Å². The van der Waals surface area contributed by atoms with E-state index in [1.54, 1.807) is 0 Å². The van der Waals surface area contributed by atoms with Gasteiger partial charge in [0, 0.05) is 18.9 Å². The van der Waals surface area contributed by atoms with E-state index in [2.05, 4.69) is 6.92 Å². The molecule has 4 heteroatoms. The Kier molecular flexibility index (Phi) is 7.20. The maximum Gasteiger partial charge on any atom is 0.302 e. The zero-order valence-electron chi connectivity index (χ0n) is 14.8. The quantitative estimate of drug-likeness (QED) is 0.393. The highest BCUT2D eigenvalue weighted by molar-refractivity contribution is 5.96. The summed E-state index contributed by atoms with van der Waals surface area (Å²) in [6.07, 6.45) is 2.16. The summed E-state index contributed by atoms with van der Waals surface area (Å²) in [5.41, 5.74) is 3.09. The molecule has 0 saturated carbocycles. The lowest BCUT2D eigenvalue weighted by Crippen LogP contribution is -2.09. The third-order valence-electron chi connectivity index (χ3n) is 3.91. The van der Waals surface area contributed by atoms with Crippen LogP contribution in [0.15, 0.2) is 48.5 Å². The van der Waals surface area contributed by atoms with Gasteiger partial charge in [-0.1, -0.05) is 43.3 Å². The summed E-state index contributed by atoms with van der Waals surface area (Å²) < 4.78 is 10.3. The average molecular weight is 340 g/mol. The highest BCUT2D eigenvalue weighted by Gasteiger charge is 2.06. The second-order valence-corrected chi connectivity index (χ2v) is 5.81. The van der Waals surface area contributed by atoms with E-state index >= 15 is 0 Å². The number of ketones is 1. The van der Waals surface area contributed by atoms with Crippen LogP contribution in [0.5, 0.6) is 5.75 Å². The molecule has 0 aliphatic carbocycles. The van der Waals surface area contributed by atoms with Gasteiger partial charge < -0.3 is 9.47 Å². The van der Waals surface area contributed by atoms with E-state index in [1.165, 1.54) is 12.5 Å². The number of carbonyl (C=O) groups excluding carboxylic acids is 2. The molecule has 132 valence electrons. The van der Waals surface area contributed by atoms with Gasteiger partial charge in [0.25, 0.3) is 0 Å². The molecule has 0 saturated heterocycles. The van der Waals surface area contributed by atoms with Gasteiger partial charge in [-0.05, 0) is 36.1 Å². The summed E-state index contributed by atoms with van der Waals surface area (Å²) in [4.78, 5) is 22.9. The molecule has 0 aromatic heterocycles. The maximum absolute atomic E-state index is 12.2. The van der Waals surface area contributed by atoms with E-state index in [4.69, 9.17) is 9.47 Å². The summed E-state index contributed by atoms with van der Waals surface area (Å²) in [5.74, 6) is 0.565. The third-order valence-corrected chi connectivity index (χ3v) is 3.91. The molecule has 0 heterocycles. The van der Waals surface area contributed by atoms with Gasteiger partial charge in [0.05, 0.1) is 0 Å². The van der Waals surface area contributed by atoms with Crippen LogP contribution in [0.2, 0.25) is 0 Å². The minimum absolute atomic E-state index is 0.157. The van der Waals surface area contributed by atoms with Crippen LogP contribution in [0.3, 0.4) is 0 Å². The first kappa shape index (κ1) is 18.7. The van der Waals surface area contributed by atoms with Gasteiger partial charge >= 0.3 is 5.97 Å². The number of rotatable bonds is 9. The van der Waals surface area contributed by atoms with Crippen molar-refractivity contribution in [2.45, 2.75) is 33.1 Å². The van der Waals surface area contributed by atoms with Crippen LogP contribution in [0, 0.1) is 0 Å². The van der Waals surface area contributed by atoms with Gasteiger partial charge in [0.2, 0.25) is 0 Å². The molecule has 4 nitrogen and oxygen atoms in total. The number of carbonyl (C=O) groups is 2.